The van der Waals surface area contributed by atoms with E-state index in [1.165, 1.54) is 11.9 Å². The van der Waals surface area contributed by atoms with E-state index >= 15 is 0 Å². The predicted molar refractivity (Wildman–Crippen MR) is 77.4 cm³/mol. The minimum absolute atomic E-state index is 0. The number of carbonyl (C=O) groups is 1. The molecule has 1 aliphatic heterocycles. The summed E-state index contributed by atoms with van der Waals surface area (Å²) in [4.78, 5) is 12.6. The van der Waals surface area contributed by atoms with Crippen molar-refractivity contribution in [3.63, 3.8) is 0 Å². The number of amides is 1. The van der Waals surface area contributed by atoms with Crippen LogP contribution in [0.4, 0.5) is 8.78 Å². The fourth-order valence-corrected chi connectivity index (χ4v) is 2.42. The molecule has 0 saturated heterocycles. The summed E-state index contributed by atoms with van der Waals surface area (Å²) in [5.74, 6) is 0.250. The van der Waals surface area contributed by atoms with Crippen molar-refractivity contribution in [1.29, 1.82) is 0 Å². The number of rotatable bonds is 3. The minimum atomic E-state index is -0.836. The summed E-state index contributed by atoms with van der Waals surface area (Å²) in [5.41, 5.74) is -0.229. The van der Waals surface area contributed by atoms with Gasteiger partial charge in [0.15, 0.2) is 0 Å². The Bertz CT molecular complexity index is 634. The van der Waals surface area contributed by atoms with Gasteiger partial charge in [0.25, 0.3) is 0 Å². The molecule has 113 valence electrons. The molecule has 1 aliphatic rings. The first kappa shape index (κ1) is 19.3. The van der Waals surface area contributed by atoms with Gasteiger partial charge in [0.1, 0.15) is 12.4 Å². The number of halogens is 3. The van der Waals surface area contributed by atoms with Gasteiger partial charge in [0.05, 0.1) is 16.5 Å². The van der Waals surface area contributed by atoms with E-state index in [-0.39, 0.29) is 68.7 Å². The van der Waals surface area contributed by atoms with E-state index in [0.29, 0.717) is 0 Å². The fraction of sp³-hybridized carbons (Fsp3) is 0.267. The number of ether oxygens (including phenoxy) is 1. The second-order valence-corrected chi connectivity index (χ2v) is 5.45. The molecule has 0 aromatic heterocycles. The van der Waals surface area contributed by atoms with Crippen molar-refractivity contribution in [3.05, 3.63) is 35.4 Å². The van der Waals surface area contributed by atoms with E-state index in [4.69, 9.17) is 11.2 Å². The van der Waals surface area contributed by atoms with Gasteiger partial charge in [-0.3, -0.25) is 4.79 Å². The molecule has 1 unspecified atom stereocenters. The SMILES string of the molecule is C#CCOc1cc(F)c(C2=[C-]CC(Br)C(=O)N2C)c(F)c1.[Y]. The maximum Gasteiger partial charge on any atom is 0.236 e. The Morgan fingerprint density at radius 1 is 1.50 bits per heavy atom. The normalized spacial score (nSPS) is 17.4. The van der Waals surface area contributed by atoms with Gasteiger partial charge in [-0.2, -0.15) is 0 Å². The van der Waals surface area contributed by atoms with Gasteiger partial charge in [0.2, 0.25) is 5.91 Å². The summed E-state index contributed by atoms with van der Waals surface area (Å²) < 4.78 is 33.3. The molecule has 1 aromatic rings. The molecule has 1 heterocycles. The molecule has 0 saturated carbocycles. The zero-order chi connectivity index (χ0) is 15.6. The Hall–Kier alpha value is -0.766. The molecule has 1 atom stereocenters. The second kappa shape index (κ2) is 8.19. The Labute approximate surface area is 161 Å². The summed E-state index contributed by atoms with van der Waals surface area (Å²) in [7, 11) is 1.44. The number of hydrogen-bond acceptors (Lipinski definition) is 2. The van der Waals surface area contributed by atoms with E-state index in [1.54, 1.807) is 0 Å². The summed E-state index contributed by atoms with van der Waals surface area (Å²) in [5, 5.41) is 0. The first-order valence-electron chi connectivity index (χ1n) is 6.03. The Balaban J connectivity index is 0.00000242. The molecule has 2 rings (SSSR count). The molecule has 7 heteroatoms. The van der Waals surface area contributed by atoms with Crippen LogP contribution in [0.2, 0.25) is 0 Å². The van der Waals surface area contributed by atoms with Gasteiger partial charge in [0, 0.05) is 39.8 Å². The van der Waals surface area contributed by atoms with E-state index in [2.05, 4.69) is 27.9 Å². The monoisotopic (exact) mass is 443 g/mol. The number of hydrogen-bond donors (Lipinski definition) is 0. The number of nitrogens with zero attached hydrogens (tertiary/aromatic N) is 1. The van der Waals surface area contributed by atoms with Crippen LogP contribution in [0.1, 0.15) is 12.0 Å². The molecule has 0 spiro atoms. The van der Waals surface area contributed by atoms with Gasteiger partial charge in [-0.25, -0.2) is 14.9 Å². The summed E-state index contributed by atoms with van der Waals surface area (Å²) in [6.07, 6.45) is 8.09. The zero-order valence-electron chi connectivity index (χ0n) is 11.7. The summed E-state index contributed by atoms with van der Waals surface area (Å²) in [6.45, 7) is -0.0866. The average Bonchev–Trinajstić information content (AvgIpc) is 2.44. The number of allylic oxidation sites excluding steroid dienone is 1. The number of terminal acetylenes is 1. The van der Waals surface area contributed by atoms with E-state index in [1.807, 2.05) is 0 Å². The summed E-state index contributed by atoms with van der Waals surface area (Å²) in [6, 6.07) is 2.06. The topological polar surface area (TPSA) is 29.5 Å². The van der Waals surface area contributed by atoms with Gasteiger partial charge in [-0.15, -0.1) is 12.1 Å². The molecule has 22 heavy (non-hydrogen) atoms. The van der Waals surface area contributed by atoms with Gasteiger partial charge in [-0.05, 0) is 12.1 Å². The van der Waals surface area contributed by atoms with Crippen molar-refractivity contribution in [1.82, 2.24) is 4.90 Å². The number of benzene rings is 1. The van der Waals surface area contributed by atoms with Crippen LogP contribution in [0.5, 0.6) is 5.75 Å². The summed E-state index contributed by atoms with van der Waals surface area (Å²) >= 11 is 3.18. The molecule has 1 aromatic carbocycles. The van der Waals surface area contributed by atoms with E-state index < -0.39 is 16.5 Å². The van der Waals surface area contributed by atoms with Gasteiger partial charge in [-0.1, -0.05) is 33.8 Å². The molecule has 1 amide bonds. The quantitative estimate of drug-likeness (QED) is 0.408. The maximum absolute atomic E-state index is 14.1. The van der Waals surface area contributed by atoms with Crippen LogP contribution in [0.25, 0.3) is 5.70 Å². The molecule has 0 fully saturated rings. The molecule has 0 aliphatic carbocycles. The van der Waals surface area contributed by atoms with Crippen molar-refractivity contribution in [3.8, 4) is 18.1 Å². The van der Waals surface area contributed by atoms with Crippen LogP contribution in [0.15, 0.2) is 12.1 Å². The van der Waals surface area contributed by atoms with E-state index in [9.17, 15) is 13.6 Å². The van der Waals surface area contributed by atoms with Gasteiger partial charge >= 0.3 is 0 Å². The molecule has 3 nitrogen and oxygen atoms in total. The van der Waals surface area contributed by atoms with Crippen LogP contribution in [-0.2, 0) is 37.5 Å². The Morgan fingerprint density at radius 2 is 2.09 bits per heavy atom. The average molecular weight is 444 g/mol. The number of carbonyl (C=O) groups excluding carboxylic acids is 1. The third-order valence-corrected chi connectivity index (χ3v) is 3.67. The maximum atomic E-state index is 14.1. The largest absolute Gasteiger partial charge is 0.481 e. The van der Waals surface area contributed by atoms with Crippen molar-refractivity contribution < 1.29 is 51.0 Å². The van der Waals surface area contributed by atoms with Crippen molar-refractivity contribution in [2.45, 2.75) is 11.2 Å². The molecule has 0 bridgehead atoms. The third-order valence-electron chi connectivity index (χ3n) is 2.96. The Kier molecular flexibility index (Phi) is 7.18. The van der Waals surface area contributed by atoms with Crippen molar-refractivity contribution in [2.24, 2.45) is 0 Å². The third kappa shape index (κ3) is 3.95. The van der Waals surface area contributed by atoms with Crippen molar-refractivity contribution >= 4 is 27.5 Å². The second-order valence-electron chi connectivity index (χ2n) is 4.35. The van der Waals surface area contributed by atoms with Crippen molar-refractivity contribution in [2.75, 3.05) is 13.7 Å². The first-order valence-corrected chi connectivity index (χ1v) is 6.95. The van der Waals surface area contributed by atoms with Crippen LogP contribution in [0, 0.1) is 30.1 Å². The smallest absolute Gasteiger partial charge is 0.236 e. The standard InChI is InChI=1S/C15H11BrF2NO2.Y/c1-3-6-21-9-7-11(17)14(12(18)8-9)13-5-4-10(16)15(20)19(13)2;/h1,7-8,10H,4,6H2,2H3;/q-1;. The van der Waals surface area contributed by atoms with Crippen LogP contribution >= 0.6 is 15.9 Å². The fourth-order valence-electron chi connectivity index (χ4n) is 1.95. The number of alkyl halides is 1. The van der Waals surface area contributed by atoms with Crippen LogP contribution in [-0.4, -0.2) is 29.3 Å². The van der Waals surface area contributed by atoms with Crippen LogP contribution in [0.3, 0.4) is 0 Å². The minimum Gasteiger partial charge on any atom is -0.481 e. The molecule has 0 N–H and O–H groups in total. The first-order chi connectivity index (χ1) is 9.95. The molecule has 1 radical (unpaired) electrons. The van der Waals surface area contributed by atoms with Crippen LogP contribution < -0.4 is 4.74 Å². The predicted octanol–water partition coefficient (Wildman–Crippen LogP) is 2.74. The Morgan fingerprint density at radius 3 is 2.64 bits per heavy atom. The zero-order valence-corrected chi connectivity index (χ0v) is 16.1. The molecular weight excluding hydrogens is 433 g/mol. The molecular formula is C15H11BrF2NO2Y-. The van der Waals surface area contributed by atoms with E-state index in [0.717, 1.165) is 12.1 Å². The van der Waals surface area contributed by atoms with Gasteiger partial charge < -0.3 is 9.64 Å².